The molecule has 0 atom stereocenters. The molecule has 16 heavy (non-hydrogen) atoms. The summed E-state index contributed by atoms with van der Waals surface area (Å²) in [5, 5.41) is 1.07. The third-order valence-electron chi connectivity index (χ3n) is 2.59. The molecular formula is C12H13ClO2S. The molecule has 2 rings (SSSR count). The number of hydrogen-bond donors (Lipinski definition) is 0. The van der Waals surface area contributed by atoms with Crippen LogP contribution in [0.2, 0.25) is 5.02 Å². The number of aldehydes is 1. The predicted octanol–water partition coefficient (Wildman–Crippen LogP) is 3.42. The van der Waals surface area contributed by atoms with Gasteiger partial charge in [-0.1, -0.05) is 17.7 Å². The standard InChI is InChI=1S/C12H13ClO2S/c13-11-2-1-3-12(10(11)8-14)16-9-4-6-15-7-5-9/h1-3,8-9H,4-7H2. The molecule has 1 aliphatic rings. The topological polar surface area (TPSA) is 26.3 Å². The van der Waals surface area contributed by atoms with Crippen LogP contribution in [0.4, 0.5) is 0 Å². The Bertz CT molecular complexity index is 375. The molecule has 1 aromatic carbocycles. The fraction of sp³-hybridized carbons (Fsp3) is 0.417. The van der Waals surface area contributed by atoms with Gasteiger partial charge in [-0.3, -0.25) is 4.79 Å². The van der Waals surface area contributed by atoms with Crippen LogP contribution in [-0.4, -0.2) is 24.7 Å². The maximum Gasteiger partial charge on any atom is 0.152 e. The molecule has 0 N–H and O–H groups in total. The average Bonchev–Trinajstić information content (AvgIpc) is 2.31. The first-order valence-electron chi connectivity index (χ1n) is 5.29. The molecule has 1 saturated heterocycles. The lowest BCUT2D eigenvalue weighted by atomic mass is 10.2. The van der Waals surface area contributed by atoms with Crippen LogP contribution in [0.15, 0.2) is 23.1 Å². The molecule has 0 aliphatic carbocycles. The summed E-state index contributed by atoms with van der Waals surface area (Å²) in [5.74, 6) is 0. The zero-order chi connectivity index (χ0) is 11.4. The molecule has 1 heterocycles. The smallest absolute Gasteiger partial charge is 0.152 e. The third kappa shape index (κ3) is 2.78. The van der Waals surface area contributed by atoms with E-state index in [2.05, 4.69) is 0 Å². The van der Waals surface area contributed by atoms with E-state index in [4.69, 9.17) is 16.3 Å². The molecule has 0 aromatic heterocycles. The van der Waals surface area contributed by atoms with E-state index < -0.39 is 0 Å². The fourth-order valence-corrected chi connectivity index (χ4v) is 3.21. The van der Waals surface area contributed by atoms with E-state index in [1.54, 1.807) is 17.8 Å². The van der Waals surface area contributed by atoms with Crippen LogP contribution >= 0.6 is 23.4 Å². The van der Waals surface area contributed by atoms with Gasteiger partial charge in [0, 0.05) is 28.9 Å². The number of thioether (sulfide) groups is 1. The Hall–Kier alpha value is -0.510. The van der Waals surface area contributed by atoms with Crippen molar-refractivity contribution in [3.8, 4) is 0 Å². The van der Waals surface area contributed by atoms with Crippen molar-refractivity contribution in [1.82, 2.24) is 0 Å². The highest BCUT2D eigenvalue weighted by atomic mass is 35.5. The van der Waals surface area contributed by atoms with Gasteiger partial charge in [0.1, 0.15) is 0 Å². The minimum atomic E-state index is 0.533. The van der Waals surface area contributed by atoms with Crippen LogP contribution in [0.25, 0.3) is 0 Å². The van der Waals surface area contributed by atoms with Crippen molar-refractivity contribution < 1.29 is 9.53 Å². The second kappa shape index (κ2) is 5.71. The van der Waals surface area contributed by atoms with Crippen molar-refractivity contribution in [3.05, 3.63) is 28.8 Å². The summed E-state index contributed by atoms with van der Waals surface area (Å²) < 4.78 is 5.31. The summed E-state index contributed by atoms with van der Waals surface area (Å²) >= 11 is 7.71. The molecule has 1 fully saturated rings. The molecule has 0 saturated carbocycles. The van der Waals surface area contributed by atoms with Gasteiger partial charge in [-0.15, -0.1) is 11.8 Å². The number of halogens is 1. The number of carbonyl (C=O) groups is 1. The van der Waals surface area contributed by atoms with Gasteiger partial charge in [-0.2, -0.15) is 0 Å². The van der Waals surface area contributed by atoms with E-state index in [0.717, 1.165) is 37.2 Å². The van der Waals surface area contributed by atoms with E-state index in [1.807, 2.05) is 12.1 Å². The number of carbonyl (C=O) groups excluding carboxylic acids is 1. The summed E-state index contributed by atoms with van der Waals surface area (Å²) in [4.78, 5) is 11.9. The van der Waals surface area contributed by atoms with Crippen molar-refractivity contribution >= 4 is 29.6 Å². The van der Waals surface area contributed by atoms with Crippen molar-refractivity contribution in [3.63, 3.8) is 0 Å². The van der Waals surface area contributed by atoms with Gasteiger partial charge in [0.15, 0.2) is 6.29 Å². The lowest BCUT2D eigenvalue weighted by molar-refractivity contribution is 0.100. The van der Waals surface area contributed by atoms with Crippen molar-refractivity contribution in [2.45, 2.75) is 23.0 Å². The van der Waals surface area contributed by atoms with Crippen LogP contribution in [-0.2, 0) is 4.74 Å². The Morgan fingerprint density at radius 2 is 2.12 bits per heavy atom. The van der Waals surface area contributed by atoms with Gasteiger partial charge in [-0.05, 0) is 25.0 Å². The lowest BCUT2D eigenvalue weighted by Crippen LogP contribution is -2.17. The molecule has 2 nitrogen and oxygen atoms in total. The average molecular weight is 257 g/mol. The van der Waals surface area contributed by atoms with Gasteiger partial charge in [0.05, 0.1) is 5.02 Å². The van der Waals surface area contributed by atoms with Crippen LogP contribution in [0.5, 0.6) is 0 Å². The van der Waals surface area contributed by atoms with Gasteiger partial charge >= 0.3 is 0 Å². The molecule has 0 spiro atoms. The summed E-state index contributed by atoms with van der Waals surface area (Å²) in [5.41, 5.74) is 0.612. The summed E-state index contributed by atoms with van der Waals surface area (Å²) in [6.07, 6.45) is 2.91. The molecule has 86 valence electrons. The lowest BCUT2D eigenvalue weighted by Gasteiger charge is -2.22. The van der Waals surface area contributed by atoms with Gasteiger partial charge in [0.2, 0.25) is 0 Å². The van der Waals surface area contributed by atoms with E-state index in [-0.39, 0.29) is 0 Å². The second-order valence-electron chi connectivity index (χ2n) is 3.70. The zero-order valence-corrected chi connectivity index (χ0v) is 10.4. The SMILES string of the molecule is O=Cc1c(Cl)cccc1SC1CCOCC1. The third-order valence-corrected chi connectivity index (χ3v) is 4.34. The minimum absolute atomic E-state index is 0.533. The van der Waals surface area contributed by atoms with Crippen LogP contribution < -0.4 is 0 Å². The van der Waals surface area contributed by atoms with Crippen molar-refractivity contribution in [2.24, 2.45) is 0 Å². The zero-order valence-electron chi connectivity index (χ0n) is 8.82. The fourth-order valence-electron chi connectivity index (χ4n) is 1.71. The highest BCUT2D eigenvalue weighted by Crippen LogP contribution is 2.33. The van der Waals surface area contributed by atoms with Crippen molar-refractivity contribution in [2.75, 3.05) is 13.2 Å². The molecule has 0 unspecified atom stereocenters. The molecular weight excluding hydrogens is 244 g/mol. The first-order chi connectivity index (χ1) is 7.81. The Morgan fingerprint density at radius 3 is 2.81 bits per heavy atom. The quantitative estimate of drug-likeness (QED) is 0.775. The van der Waals surface area contributed by atoms with E-state index in [9.17, 15) is 4.79 Å². The molecule has 1 aliphatic heterocycles. The highest BCUT2D eigenvalue weighted by molar-refractivity contribution is 8.00. The molecule has 0 bridgehead atoms. The number of rotatable bonds is 3. The van der Waals surface area contributed by atoms with Crippen LogP contribution in [0.3, 0.4) is 0 Å². The first kappa shape index (κ1) is 12.0. The van der Waals surface area contributed by atoms with E-state index in [0.29, 0.717) is 15.8 Å². The predicted molar refractivity (Wildman–Crippen MR) is 66.5 cm³/mol. The normalized spacial score (nSPS) is 17.3. The first-order valence-corrected chi connectivity index (χ1v) is 6.55. The van der Waals surface area contributed by atoms with E-state index in [1.165, 1.54) is 0 Å². The Balaban J connectivity index is 2.13. The largest absolute Gasteiger partial charge is 0.381 e. The summed E-state index contributed by atoms with van der Waals surface area (Å²) in [7, 11) is 0. The van der Waals surface area contributed by atoms with E-state index >= 15 is 0 Å². The maximum absolute atomic E-state index is 11.0. The molecule has 4 heteroatoms. The van der Waals surface area contributed by atoms with Crippen molar-refractivity contribution in [1.29, 1.82) is 0 Å². The number of hydrogen-bond acceptors (Lipinski definition) is 3. The molecule has 1 aromatic rings. The van der Waals surface area contributed by atoms with Gasteiger partial charge in [0.25, 0.3) is 0 Å². The molecule has 0 radical (unpaired) electrons. The number of ether oxygens (including phenoxy) is 1. The maximum atomic E-state index is 11.0. The Kier molecular flexibility index (Phi) is 4.27. The summed E-state index contributed by atoms with van der Waals surface area (Å²) in [6.45, 7) is 1.63. The molecule has 0 amide bonds. The van der Waals surface area contributed by atoms with Gasteiger partial charge in [-0.25, -0.2) is 0 Å². The van der Waals surface area contributed by atoms with Crippen LogP contribution in [0, 0.1) is 0 Å². The number of benzene rings is 1. The second-order valence-corrected chi connectivity index (χ2v) is 5.45. The minimum Gasteiger partial charge on any atom is -0.381 e. The van der Waals surface area contributed by atoms with Crippen LogP contribution in [0.1, 0.15) is 23.2 Å². The monoisotopic (exact) mass is 256 g/mol. The Morgan fingerprint density at radius 1 is 1.38 bits per heavy atom. The van der Waals surface area contributed by atoms with Gasteiger partial charge < -0.3 is 4.74 Å². The summed E-state index contributed by atoms with van der Waals surface area (Å²) in [6, 6.07) is 5.59. The Labute approximate surface area is 104 Å². The highest BCUT2D eigenvalue weighted by Gasteiger charge is 2.17.